The lowest BCUT2D eigenvalue weighted by Crippen LogP contribution is -2.28. The van der Waals surface area contributed by atoms with Gasteiger partial charge >= 0.3 is 0 Å². The van der Waals surface area contributed by atoms with Gasteiger partial charge in [-0.1, -0.05) is 6.42 Å². The molecule has 2 atom stereocenters. The Kier molecular flexibility index (Phi) is 4.68. The number of rotatable bonds is 4. The molecule has 1 heterocycles. The summed E-state index contributed by atoms with van der Waals surface area (Å²) < 4.78 is 0. The fourth-order valence-corrected chi connectivity index (χ4v) is 2.51. The third-order valence-electron chi connectivity index (χ3n) is 3.46. The Hall–Kier alpha value is -1.44. The fraction of sp³-hybridized carbons (Fsp3) is 0.571. The summed E-state index contributed by atoms with van der Waals surface area (Å²) in [6.07, 6.45) is 5.74. The monoisotopic (exact) mass is 245 g/mol. The highest BCUT2D eigenvalue weighted by Crippen LogP contribution is 2.23. The first-order valence-corrected chi connectivity index (χ1v) is 6.51. The molecular formula is C14H19N3O. The van der Waals surface area contributed by atoms with E-state index in [1.165, 1.54) is 6.42 Å². The molecule has 0 spiro atoms. The van der Waals surface area contributed by atoms with Crippen LogP contribution < -0.4 is 5.32 Å². The number of hydrogen-bond acceptors (Lipinski definition) is 4. The molecule has 2 unspecified atom stereocenters. The summed E-state index contributed by atoms with van der Waals surface area (Å²) >= 11 is 0. The van der Waals surface area contributed by atoms with Crippen LogP contribution in [0.25, 0.3) is 0 Å². The summed E-state index contributed by atoms with van der Waals surface area (Å²) in [5, 5.41) is 21.7. The van der Waals surface area contributed by atoms with Gasteiger partial charge in [0.15, 0.2) is 0 Å². The molecule has 4 heteroatoms. The van der Waals surface area contributed by atoms with Gasteiger partial charge < -0.3 is 10.4 Å². The molecule has 0 saturated heterocycles. The molecule has 2 rings (SSSR count). The van der Waals surface area contributed by atoms with Crippen LogP contribution in [0.4, 0.5) is 0 Å². The van der Waals surface area contributed by atoms with Gasteiger partial charge in [0.05, 0.1) is 6.10 Å². The van der Waals surface area contributed by atoms with Gasteiger partial charge in [-0.15, -0.1) is 0 Å². The first kappa shape index (κ1) is 13.0. The Morgan fingerprint density at radius 2 is 2.39 bits per heavy atom. The van der Waals surface area contributed by atoms with Gasteiger partial charge in [-0.3, -0.25) is 0 Å². The SMILES string of the molecule is N#Cc1cc(CNCC2CCCC(O)C2)ccn1. The third-order valence-corrected chi connectivity index (χ3v) is 3.46. The van der Waals surface area contributed by atoms with Crippen molar-refractivity contribution < 1.29 is 5.11 Å². The number of nitriles is 1. The largest absolute Gasteiger partial charge is 0.393 e. The Morgan fingerprint density at radius 1 is 1.50 bits per heavy atom. The van der Waals surface area contributed by atoms with Gasteiger partial charge in [-0.05, 0) is 49.4 Å². The highest BCUT2D eigenvalue weighted by atomic mass is 16.3. The third kappa shape index (κ3) is 3.80. The lowest BCUT2D eigenvalue weighted by atomic mass is 9.87. The van der Waals surface area contributed by atoms with E-state index in [-0.39, 0.29) is 6.10 Å². The van der Waals surface area contributed by atoms with Crippen LogP contribution in [0, 0.1) is 17.2 Å². The molecule has 0 amide bonds. The van der Waals surface area contributed by atoms with Crippen LogP contribution in [-0.4, -0.2) is 22.7 Å². The van der Waals surface area contributed by atoms with Crippen LogP contribution in [0.5, 0.6) is 0 Å². The number of aliphatic hydroxyl groups excluding tert-OH is 1. The summed E-state index contributed by atoms with van der Waals surface area (Å²) in [5.41, 5.74) is 1.54. The van der Waals surface area contributed by atoms with E-state index in [0.29, 0.717) is 11.6 Å². The van der Waals surface area contributed by atoms with E-state index >= 15 is 0 Å². The van der Waals surface area contributed by atoms with Crippen LogP contribution in [0.3, 0.4) is 0 Å². The predicted molar refractivity (Wildman–Crippen MR) is 68.6 cm³/mol. The topological polar surface area (TPSA) is 68.9 Å². The summed E-state index contributed by atoms with van der Waals surface area (Å²) in [6, 6.07) is 5.77. The maximum absolute atomic E-state index is 9.59. The number of nitrogens with zero attached hydrogens (tertiary/aromatic N) is 2. The van der Waals surface area contributed by atoms with Gasteiger partial charge in [0.2, 0.25) is 0 Å². The molecule has 1 saturated carbocycles. The molecule has 96 valence electrons. The molecule has 1 aliphatic rings. The Morgan fingerprint density at radius 3 is 3.17 bits per heavy atom. The zero-order valence-electron chi connectivity index (χ0n) is 10.5. The summed E-state index contributed by atoms with van der Waals surface area (Å²) in [4.78, 5) is 3.94. The van der Waals surface area contributed by atoms with Crippen LogP contribution in [0.15, 0.2) is 18.3 Å². The second kappa shape index (κ2) is 6.48. The molecule has 1 fully saturated rings. The highest BCUT2D eigenvalue weighted by Gasteiger charge is 2.19. The minimum absolute atomic E-state index is 0.114. The van der Waals surface area contributed by atoms with Crippen LogP contribution in [-0.2, 0) is 6.54 Å². The second-order valence-electron chi connectivity index (χ2n) is 4.98. The zero-order valence-corrected chi connectivity index (χ0v) is 10.5. The summed E-state index contributed by atoms with van der Waals surface area (Å²) in [5.74, 6) is 0.575. The van der Waals surface area contributed by atoms with Crippen molar-refractivity contribution in [2.24, 2.45) is 5.92 Å². The van der Waals surface area contributed by atoms with Crippen molar-refractivity contribution in [3.8, 4) is 6.07 Å². The minimum Gasteiger partial charge on any atom is -0.393 e. The highest BCUT2D eigenvalue weighted by molar-refractivity contribution is 5.25. The number of aliphatic hydroxyl groups is 1. The van der Waals surface area contributed by atoms with Crippen molar-refractivity contribution in [2.75, 3.05) is 6.54 Å². The molecular weight excluding hydrogens is 226 g/mol. The molecule has 4 nitrogen and oxygen atoms in total. The summed E-state index contributed by atoms with van der Waals surface area (Å²) in [7, 11) is 0. The molecule has 2 N–H and O–H groups in total. The van der Waals surface area contributed by atoms with E-state index in [2.05, 4.69) is 10.3 Å². The van der Waals surface area contributed by atoms with E-state index in [0.717, 1.165) is 37.9 Å². The van der Waals surface area contributed by atoms with Gasteiger partial charge in [-0.25, -0.2) is 4.98 Å². The number of pyridine rings is 1. The second-order valence-corrected chi connectivity index (χ2v) is 4.98. The molecule has 0 bridgehead atoms. The van der Waals surface area contributed by atoms with Crippen molar-refractivity contribution in [3.05, 3.63) is 29.6 Å². The minimum atomic E-state index is -0.114. The standard InChI is InChI=1S/C14H19N3O/c15-8-13-6-12(4-5-17-13)10-16-9-11-2-1-3-14(18)7-11/h4-6,11,14,16,18H,1-3,7,9-10H2. The van der Waals surface area contributed by atoms with Crippen LogP contribution in [0.2, 0.25) is 0 Å². The summed E-state index contributed by atoms with van der Waals surface area (Å²) in [6.45, 7) is 1.69. The average Bonchev–Trinajstić information content (AvgIpc) is 2.39. The molecule has 1 aliphatic carbocycles. The Balaban J connectivity index is 1.76. The van der Waals surface area contributed by atoms with Gasteiger partial charge in [0, 0.05) is 12.7 Å². The predicted octanol–water partition coefficient (Wildman–Crippen LogP) is 1.59. The van der Waals surface area contributed by atoms with Crippen molar-refractivity contribution in [1.29, 1.82) is 5.26 Å². The lowest BCUT2D eigenvalue weighted by Gasteiger charge is -2.26. The van der Waals surface area contributed by atoms with E-state index < -0.39 is 0 Å². The molecule has 0 aliphatic heterocycles. The molecule has 0 aromatic carbocycles. The average molecular weight is 245 g/mol. The Labute approximate surface area is 108 Å². The maximum Gasteiger partial charge on any atom is 0.140 e. The first-order valence-electron chi connectivity index (χ1n) is 6.51. The normalized spacial score (nSPS) is 23.6. The lowest BCUT2D eigenvalue weighted by molar-refractivity contribution is 0.101. The zero-order chi connectivity index (χ0) is 12.8. The first-order chi connectivity index (χ1) is 8.78. The molecule has 1 aromatic heterocycles. The number of nitrogens with one attached hydrogen (secondary N) is 1. The van der Waals surface area contributed by atoms with Crippen molar-refractivity contribution in [1.82, 2.24) is 10.3 Å². The number of aromatic nitrogens is 1. The van der Waals surface area contributed by atoms with E-state index in [4.69, 9.17) is 5.26 Å². The molecule has 0 radical (unpaired) electrons. The van der Waals surface area contributed by atoms with Crippen molar-refractivity contribution >= 4 is 0 Å². The number of hydrogen-bond donors (Lipinski definition) is 2. The van der Waals surface area contributed by atoms with Crippen LogP contribution >= 0.6 is 0 Å². The molecule has 1 aromatic rings. The van der Waals surface area contributed by atoms with Gasteiger partial charge in [0.1, 0.15) is 11.8 Å². The van der Waals surface area contributed by atoms with E-state index in [9.17, 15) is 5.11 Å². The quantitative estimate of drug-likeness (QED) is 0.845. The smallest absolute Gasteiger partial charge is 0.140 e. The van der Waals surface area contributed by atoms with Crippen molar-refractivity contribution in [3.63, 3.8) is 0 Å². The molecule has 18 heavy (non-hydrogen) atoms. The van der Waals surface area contributed by atoms with E-state index in [1.54, 1.807) is 6.20 Å². The van der Waals surface area contributed by atoms with Crippen molar-refractivity contribution in [2.45, 2.75) is 38.3 Å². The maximum atomic E-state index is 9.59. The van der Waals surface area contributed by atoms with Gasteiger partial charge in [-0.2, -0.15) is 5.26 Å². The Bertz CT molecular complexity index is 427. The van der Waals surface area contributed by atoms with Gasteiger partial charge in [0.25, 0.3) is 0 Å². The van der Waals surface area contributed by atoms with E-state index in [1.807, 2.05) is 18.2 Å². The fourth-order valence-electron chi connectivity index (χ4n) is 2.51. The van der Waals surface area contributed by atoms with Crippen LogP contribution in [0.1, 0.15) is 36.9 Å².